The number of benzene rings is 1. The maximum atomic E-state index is 13.0. The molecule has 1 aliphatic heterocycles. The van der Waals surface area contributed by atoms with Gasteiger partial charge in [-0.3, -0.25) is 9.59 Å². The summed E-state index contributed by atoms with van der Waals surface area (Å²) in [5, 5.41) is 3.22. The molecule has 2 amide bonds. The lowest BCUT2D eigenvalue weighted by atomic mass is 9.85. The minimum absolute atomic E-state index is 0.0790. The van der Waals surface area contributed by atoms with Gasteiger partial charge in [-0.2, -0.15) is 0 Å². The van der Waals surface area contributed by atoms with Crippen LogP contribution in [0.1, 0.15) is 55.8 Å². The monoisotopic (exact) mass is 346 g/mol. The lowest BCUT2D eigenvalue weighted by Crippen LogP contribution is -2.49. The Morgan fingerprint density at radius 1 is 1.08 bits per heavy atom. The predicted octanol–water partition coefficient (Wildman–Crippen LogP) is 3.37. The van der Waals surface area contributed by atoms with Crippen molar-refractivity contribution in [2.45, 2.75) is 51.5 Å². The number of likely N-dealkylation sites (tertiary alicyclic amines) is 1. The summed E-state index contributed by atoms with van der Waals surface area (Å²) in [5.74, 6) is -0.0153. The van der Waals surface area contributed by atoms with Crippen LogP contribution in [0, 0.1) is 17.7 Å². The molecule has 0 spiro atoms. The quantitative estimate of drug-likeness (QED) is 0.912. The summed E-state index contributed by atoms with van der Waals surface area (Å²) in [7, 11) is 0. The van der Waals surface area contributed by atoms with E-state index in [0.29, 0.717) is 24.6 Å². The highest BCUT2D eigenvalue weighted by atomic mass is 19.1. The number of hydrogen-bond acceptors (Lipinski definition) is 2. The minimum atomic E-state index is -0.353. The first-order valence-corrected chi connectivity index (χ1v) is 9.40. The van der Waals surface area contributed by atoms with Crippen molar-refractivity contribution in [2.24, 2.45) is 11.8 Å². The van der Waals surface area contributed by atoms with E-state index in [9.17, 15) is 14.0 Å². The summed E-state index contributed by atoms with van der Waals surface area (Å²) in [4.78, 5) is 27.0. The van der Waals surface area contributed by atoms with E-state index in [1.165, 1.54) is 43.5 Å². The molecule has 1 saturated heterocycles. The zero-order chi connectivity index (χ0) is 17.8. The van der Waals surface area contributed by atoms with E-state index in [2.05, 4.69) is 12.2 Å². The van der Waals surface area contributed by atoms with Gasteiger partial charge in [-0.1, -0.05) is 19.8 Å². The topological polar surface area (TPSA) is 49.4 Å². The third-order valence-electron chi connectivity index (χ3n) is 5.61. The smallest absolute Gasteiger partial charge is 0.253 e. The molecule has 1 aromatic rings. The van der Waals surface area contributed by atoms with Crippen molar-refractivity contribution in [2.75, 3.05) is 13.1 Å². The second-order valence-electron chi connectivity index (χ2n) is 7.47. The molecule has 0 radical (unpaired) electrons. The summed E-state index contributed by atoms with van der Waals surface area (Å²) in [6, 6.07) is 5.87. The lowest BCUT2D eigenvalue weighted by molar-refractivity contribution is -0.127. The van der Waals surface area contributed by atoms with Gasteiger partial charge in [0.2, 0.25) is 5.91 Å². The second kappa shape index (κ2) is 7.98. The molecule has 5 heteroatoms. The zero-order valence-corrected chi connectivity index (χ0v) is 14.8. The molecular weight excluding hydrogens is 319 g/mol. The summed E-state index contributed by atoms with van der Waals surface area (Å²) in [5.41, 5.74) is 0.475. The van der Waals surface area contributed by atoms with Crippen molar-refractivity contribution in [3.05, 3.63) is 35.6 Å². The number of hydrogen-bond donors (Lipinski definition) is 1. The third kappa shape index (κ3) is 4.39. The lowest BCUT2D eigenvalue weighted by Gasteiger charge is -2.35. The van der Waals surface area contributed by atoms with E-state index in [1.54, 1.807) is 4.90 Å². The number of nitrogens with zero attached hydrogens (tertiary/aromatic N) is 1. The molecule has 1 N–H and O–H groups in total. The largest absolute Gasteiger partial charge is 0.353 e. The van der Waals surface area contributed by atoms with E-state index < -0.39 is 0 Å². The van der Waals surface area contributed by atoms with Crippen LogP contribution in [-0.2, 0) is 4.79 Å². The Balaban J connectivity index is 1.59. The Bertz CT molecular complexity index is 617. The van der Waals surface area contributed by atoms with E-state index in [1.807, 2.05) is 0 Å². The minimum Gasteiger partial charge on any atom is -0.353 e. The van der Waals surface area contributed by atoms with Gasteiger partial charge in [0.1, 0.15) is 5.82 Å². The van der Waals surface area contributed by atoms with Gasteiger partial charge < -0.3 is 10.2 Å². The van der Waals surface area contributed by atoms with Gasteiger partial charge in [0.15, 0.2) is 0 Å². The third-order valence-corrected chi connectivity index (χ3v) is 5.61. The maximum Gasteiger partial charge on any atom is 0.253 e. The van der Waals surface area contributed by atoms with Gasteiger partial charge in [0, 0.05) is 24.7 Å². The van der Waals surface area contributed by atoms with Crippen molar-refractivity contribution in [1.82, 2.24) is 10.2 Å². The van der Waals surface area contributed by atoms with Crippen LogP contribution >= 0.6 is 0 Å². The molecule has 3 atom stereocenters. The van der Waals surface area contributed by atoms with Crippen LogP contribution in [0.2, 0.25) is 0 Å². The molecule has 1 aromatic carbocycles. The van der Waals surface area contributed by atoms with Crippen LogP contribution in [-0.4, -0.2) is 35.8 Å². The standard InChI is InChI=1S/C20H27FN2O2/c1-14-5-2-3-7-18(14)22-19(24)16-6-4-12-23(13-16)20(25)15-8-10-17(21)11-9-15/h8-11,14,16,18H,2-7,12-13H2,1H3,(H,22,24). The summed E-state index contributed by atoms with van der Waals surface area (Å²) in [6.45, 7) is 3.30. The van der Waals surface area contributed by atoms with Gasteiger partial charge >= 0.3 is 0 Å². The normalized spacial score (nSPS) is 27.0. The molecule has 1 heterocycles. The van der Waals surface area contributed by atoms with Crippen LogP contribution in [0.4, 0.5) is 4.39 Å². The fourth-order valence-electron chi connectivity index (χ4n) is 3.98. The number of piperidine rings is 1. The molecule has 0 aromatic heterocycles. The number of rotatable bonds is 3. The molecule has 25 heavy (non-hydrogen) atoms. The fraction of sp³-hybridized carbons (Fsp3) is 0.600. The number of amides is 2. The molecule has 0 bridgehead atoms. The molecule has 1 saturated carbocycles. The summed E-state index contributed by atoms with van der Waals surface area (Å²) in [6.07, 6.45) is 6.29. The number of nitrogens with one attached hydrogen (secondary N) is 1. The second-order valence-corrected chi connectivity index (χ2v) is 7.47. The van der Waals surface area contributed by atoms with Crippen molar-refractivity contribution < 1.29 is 14.0 Å². The Morgan fingerprint density at radius 2 is 1.80 bits per heavy atom. The van der Waals surface area contributed by atoms with Crippen LogP contribution < -0.4 is 5.32 Å². The van der Waals surface area contributed by atoms with Gasteiger partial charge in [-0.25, -0.2) is 4.39 Å². The molecule has 136 valence electrons. The van der Waals surface area contributed by atoms with E-state index in [4.69, 9.17) is 0 Å². The van der Waals surface area contributed by atoms with Crippen LogP contribution in [0.3, 0.4) is 0 Å². The maximum absolute atomic E-state index is 13.0. The first kappa shape index (κ1) is 17.9. The summed E-state index contributed by atoms with van der Waals surface area (Å²) < 4.78 is 13.0. The van der Waals surface area contributed by atoms with Gasteiger partial charge in [0.25, 0.3) is 5.91 Å². The van der Waals surface area contributed by atoms with E-state index in [0.717, 1.165) is 19.3 Å². The molecule has 2 aliphatic rings. The van der Waals surface area contributed by atoms with E-state index in [-0.39, 0.29) is 29.6 Å². The fourth-order valence-corrected chi connectivity index (χ4v) is 3.98. The van der Waals surface area contributed by atoms with Crippen molar-refractivity contribution in [1.29, 1.82) is 0 Å². The predicted molar refractivity (Wildman–Crippen MR) is 94.6 cm³/mol. The van der Waals surface area contributed by atoms with Gasteiger partial charge in [-0.15, -0.1) is 0 Å². The summed E-state index contributed by atoms with van der Waals surface area (Å²) >= 11 is 0. The molecule has 2 fully saturated rings. The Hall–Kier alpha value is -1.91. The van der Waals surface area contributed by atoms with Crippen molar-refractivity contribution >= 4 is 11.8 Å². The number of carbonyl (C=O) groups excluding carboxylic acids is 2. The highest BCUT2D eigenvalue weighted by Crippen LogP contribution is 2.25. The zero-order valence-electron chi connectivity index (χ0n) is 14.8. The average Bonchev–Trinajstić information content (AvgIpc) is 2.64. The van der Waals surface area contributed by atoms with Crippen LogP contribution in [0.15, 0.2) is 24.3 Å². The Morgan fingerprint density at radius 3 is 2.52 bits per heavy atom. The number of halogens is 1. The highest BCUT2D eigenvalue weighted by Gasteiger charge is 2.31. The van der Waals surface area contributed by atoms with E-state index >= 15 is 0 Å². The molecule has 1 aliphatic carbocycles. The first-order valence-electron chi connectivity index (χ1n) is 9.40. The Kier molecular flexibility index (Phi) is 5.71. The van der Waals surface area contributed by atoms with Gasteiger partial charge in [0.05, 0.1) is 5.92 Å². The van der Waals surface area contributed by atoms with Crippen LogP contribution in [0.5, 0.6) is 0 Å². The average molecular weight is 346 g/mol. The molecular formula is C20H27FN2O2. The molecule has 3 unspecified atom stereocenters. The van der Waals surface area contributed by atoms with Gasteiger partial charge in [-0.05, 0) is 55.9 Å². The first-order chi connectivity index (χ1) is 12.0. The number of carbonyl (C=O) groups is 2. The molecule has 4 nitrogen and oxygen atoms in total. The highest BCUT2D eigenvalue weighted by molar-refractivity contribution is 5.94. The van der Waals surface area contributed by atoms with Crippen molar-refractivity contribution in [3.8, 4) is 0 Å². The Labute approximate surface area is 148 Å². The van der Waals surface area contributed by atoms with Crippen molar-refractivity contribution in [3.63, 3.8) is 0 Å². The molecule has 3 rings (SSSR count). The SMILES string of the molecule is CC1CCCCC1NC(=O)C1CCCN(C(=O)c2ccc(F)cc2)C1. The van der Waals surface area contributed by atoms with Crippen LogP contribution in [0.25, 0.3) is 0 Å².